The van der Waals surface area contributed by atoms with Crippen molar-refractivity contribution >= 4 is 57.0 Å². The minimum absolute atomic E-state index is 0.0205. The number of benzene rings is 6. The van der Waals surface area contributed by atoms with Gasteiger partial charge in [-0.3, -0.25) is 4.90 Å². The predicted molar refractivity (Wildman–Crippen MR) is 283 cm³/mol. The van der Waals surface area contributed by atoms with Crippen LogP contribution in [-0.4, -0.2) is 12.3 Å². The first kappa shape index (κ1) is 43.1. The largest absolute Gasteiger partial charge is 0.440 e. The molecule has 336 valence electrons. The second kappa shape index (κ2) is 14.5. The van der Waals surface area contributed by atoms with E-state index in [1.807, 2.05) is 0 Å². The lowest BCUT2D eigenvalue weighted by atomic mass is 9.34. The fourth-order valence-electron chi connectivity index (χ4n) is 12.6. The third kappa shape index (κ3) is 6.51. The lowest BCUT2D eigenvalue weighted by Gasteiger charge is -2.45. The summed E-state index contributed by atoms with van der Waals surface area (Å²) in [6, 6.07) is 46.6. The number of nitrogens with one attached hydrogen (secondary N) is 1. The number of rotatable bonds is 4. The molecule has 4 heteroatoms. The van der Waals surface area contributed by atoms with Gasteiger partial charge in [-0.05, 0) is 140 Å². The molecule has 0 saturated heterocycles. The third-order valence-corrected chi connectivity index (χ3v) is 17.2. The summed E-state index contributed by atoms with van der Waals surface area (Å²) in [5, 5.41) is 5.59. The predicted octanol–water partition coefficient (Wildman–Crippen LogP) is 15.0. The number of furan rings is 1. The maximum Gasteiger partial charge on any atom is 0.254 e. The lowest BCUT2D eigenvalue weighted by Crippen LogP contribution is -2.58. The molecule has 0 spiro atoms. The van der Waals surface area contributed by atoms with Crippen molar-refractivity contribution < 1.29 is 4.42 Å². The van der Waals surface area contributed by atoms with Gasteiger partial charge in [-0.25, -0.2) is 0 Å². The zero-order valence-electron chi connectivity index (χ0n) is 41.7. The molecule has 6 aromatic carbocycles. The molecule has 2 aliphatic heterocycles. The molecule has 2 atom stereocenters. The van der Waals surface area contributed by atoms with E-state index in [2.05, 4.69) is 215 Å². The van der Waals surface area contributed by atoms with Gasteiger partial charge in [0.25, 0.3) is 6.71 Å². The molecule has 0 amide bonds. The van der Waals surface area contributed by atoms with Crippen molar-refractivity contribution in [1.29, 1.82) is 0 Å². The average molecular weight is 869 g/mol. The Balaban J connectivity index is 1.29. The maximum absolute atomic E-state index is 7.68. The van der Waals surface area contributed by atoms with Gasteiger partial charge in [0.05, 0.1) is 5.69 Å². The van der Waals surface area contributed by atoms with Gasteiger partial charge >= 0.3 is 0 Å². The summed E-state index contributed by atoms with van der Waals surface area (Å²) in [6.45, 7) is 28.9. The van der Waals surface area contributed by atoms with Crippen LogP contribution in [-0.2, 0) is 27.1 Å². The SMILES string of the molecule is CC(C)(C)c1ccc(N2c3cc(-c4ccccc4)ccc3B(c3cc(C(C)(C)C)cc4c3NC3(C)CCCCC43C)c3c2oc2cc4c(cc32)C(C)(C)CCC4(C)C)c(-c2ccccc2)c1. The van der Waals surface area contributed by atoms with Crippen LogP contribution in [0.25, 0.3) is 33.2 Å². The minimum atomic E-state index is -0.0972. The van der Waals surface area contributed by atoms with Crippen molar-refractivity contribution in [3.63, 3.8) is 0 Å². The van der Waals surface area contributed by atoms with Crippen molar-refractivity contribution in [2.45, 2.75) is 154 Å². The average Bonchev–Trinajstić information content (AvgIpc) is 3.77. The Hall–Kier alpha value is -5.48. The number of nitrogens with zero attached hydrogens (tertiary/aromatic N) is 1. The number of anilines is 4. The first-order valence-corrected chi connectivity index (χ1v) is 25.0. The standard InChI is InChI=1S/C62H69BN2O/c1-57(2,3)42-26-28-51(44(34-42)40-23-17-14-18-24-40)65-52-33-41(39-21-15-13-16-22-39)25-27-49(52)63(54-45-37-46-47(38-53(45)66-56(54)65)60(9,10)32-31-59(46,7)8)50-36-43(58(4,5)6)35-48-55(50)64-62(12)30-20-19-29-61(48,62)11/h13-18,21-28,33-38,64H,19-20,29-32H2,1-12H3. The molecule has 0 radical (unpaired) electrons. The zero-order chi connectivity index (χ0) is 46.3. The third-order valence-electron chi connectivity index (χ3n) is 17.2. The Bertz CT molecular complexity index is 3070. The molecule has 66 heavy (non-hydrogen) atoms. The minimum Gasteiger partial charge on any atom is -0.440 e. The summed E-state index contributed by atoms with van der Waals surface area (Å²) < 4.78 is 7.68. The summed E-state index contributed by atoms with van der Waals surface area (Å²) in [5.41, 5.74) is 20.4. The topological polar surface area (TPSA) is 28.4 Å². The highest BCUT2D eigenvalue weighted by molar-refractivity contribution is 7.00. The highest BCUT2D eigenvalue weighted by Crippen LogP contribution is 2.56. The Kier molecular flexibility index (Phi) is 9.48. The Morgan fingerprint density at radius 2 is 1.18 bits per heavy atom. The normalized spacial score (nSPS) is 21.7. The molecule has 3 nitrogen and oxygen atoms in total. The van der Waals surface area contributed by atoms with Gasteiger partial charge in [0, 0.05) is 38.7 Å². The molecule has 1 saturated carbocycles. The Morgan fingerprint density at radius 3 is 1.85 bits per heavy atom. The first-order chi connectivity index (χ1) is 31.2. The summed E-state index contributed by atoms with van der Waals surface area (Å²) in [6.07, 6.45) is 7.18. The Morgan fingerprint density at radius 1 is 0.545 bits per heavy atom. The van der Waals surface area contributed by atoms with E-state index in [4.69, 9.17) is 4.42 Å². The smallest absolute Gasteiger partial charge is 0.254 e. The molecule has 1 aromatic heterocycles. The van der Waals surface area contributed by atoms with Gasteiger partial charge < -0.3 is 9.73 Å². The van der Waals surface area contributed by atoms with Crippen LogP contribution in [0.4, 0.5) is 22.9 Å². The summed E-state index contributed by atoms with van der Waals surface area (Å²) in [7, 11) is 0. The second-order valence-electron chi connectivity index (χ2n) is 24.5. The van der Waals surface area contributed by atoms with E-state index in [0.717, 1.165) is 30.0 Å². The van der Waals surface area contributed by atoms with Gasteiger partial charge in [-0.15, -0.1) is 0 Å². The first-order valence-electron chi connectivity index (χ1n) is 25.0. The van der Waals surface area contributed by atoms with Crippen LogP contribution in [0.3, 0.4) is 0 Å². The monoisotopic (exact) mass is 869 g/mol. The van der Waals surface area contributed by atoms with E-state index in [1.165, 1.54) is 109 Å². The molecule has 3 heterocycles. The fraction of sp³-hybridized carbons (Fsp3) is 0.387. The van der Waals surface area contributed by atoms with Crippen LogP contribution < -0.4 is 26.6 Å². The van der Waals surface area contributed by atoms with Gasteiger partial charge in [0.15, 0.2) is 0 Å². The molecule has 2 unspecified atom stereocenters. The summed E-state index contributed by atoms with van der Waals surface area (Å²) in [4.78, 5) is 2.52. The van der Waals surface area contributed by atoms with Crippen molar-refractivity contribution in [1.82, 2.24) is 0 Å². The van der Waals surface area contributed by atoms with Gasteiger partial charge in [-0.1, -0.05) is 180 Å². The van der Waals surface area contributed by atoms with Crippen LogP contribution in [0.5, 0.6) is 0 Å². The molecule has 7 aromatic rings. The van der Waals surface area contributed by atoms with Gasteiger partial charge in [0.1, 0.15) is 5.58 Å². The van der Waals surface area contributed by atoms with Crippen LogP contribution in [0, 0.1) is 0 Å². The summed E-state index contributed by atoms with van der Waals surface area (Å²) in [5.74, 6) is 0.925. The van der Waals surface area contributed by atoms with E-state index in [-0.39, 0.29) is 39.3 Å². The van der Waals surface area contributed by atoms with E-state index in [1.54, 1.807) is 0 Å². The molecular formula is C62H69BN2O. The Labute approximate surface area is 395 Å². The highest BCUT2D eigenvalue weighted by Gasteiger charge is 2.55. The fourth-order valence-corrected chi connectivity index (χ4v) is 12.6. The molecule has 11 rings (SSSR count). The zero-order valence-corrected chi connectivity index (χ0v) is 41.7. The molecule has 0 bridgehead atoms. The van der Waals surface area contributed by atoms with Gasteiger partial charge in [0.2, 0.25) is 5.88 Å². The van der Waals surface area contributed by atoms with E-state index >= 15 is 0 Å². The van der Waals surface area contributed by atoms with Crippen LogP contribution in [0.1, 0.15) is 149 Å². The van der Waals surface area contributed by atoms with Crippen LogP contribution >= 0.6 is 0 Å². The number of hydrogen-bond acceptors (Lipinski definition) is 3. The van der Waals surface area contributed by atoms with E-state index in [0.29, 0.717) is 0 Å². The second-order valence-corrected chi connectivity index (χ2v) is 24.5. The van der Waals surface area contributed by atoms with Crippen LogP contribution in [0.15, 0.2) is 126 Å². The van der Waals surface area contributed by atoms with E-state index < -0.39 is 0 Å². The highest BCUT2D eigenvalue weighted by atomic mass is 16.4. The molecule has 1 fully saturated rings. The van der Waals surface area contributed by atoms with Crippen molar-refractivity contribution in [3.05, 3.63) is 149 Å². The number of hydrogen-bond donors (Lipinski definition) is 1. The molecule has 4 aliphatic rings. The summed E-state index contributed by atoms with van der Waals surface area (Å²) >= 11 is 0. The van der Waals surface area contributed by atoms with Crippen molar-refractivity contribution in [2.24, 2.45) is 0 Å². The molecular weight excluding hydrogens is 800 g/mol. The lowest BCUT2D eigenvalue weighted by molar-refractivity contribution is 0.214. The van der Waals surface area contributed by atoms with Crippen LogP contribution in [0.2, 0.25) is 0 Å². The molecule has 2 aliphatic carbocycles. The van der Waals surface area contributed by atoms with Crippen molar-refractivity contribution in [3.8, 4) is 22.3 Å². The molecule has 1 N–H and O–H groups in total. The maximum atomic E-state index is 7.68. The quantitative estimate of drug-likeness (QED) is 0.179. The number of fused-ring (bicyclic) bond motifs is 8. The van der Waals surface area contributed by atoms with Gasteiger partial charge in [-0.2, -0.15) is 0 Å². The van der Waals surface area contributed by atoms with E-state index in [9.17, 15) is 0 Å². The van der Waals surface area contributed by atoms with Crippen molar-refractivity contribution in [2.75, 3.05) is 10.2 Å².